The van der Waals surface area contributed by atoms with E-state index in [0.717, 1.165) is 39.0 Å². The van der Waals surface area contributed by atoms with E-state index in [4.69, 9.17) is 10.5 Å². The molecule has 1 rings (SSSR count). The second-order valence-electron chi connectivity index (χ2n) is 4.17. The van der Waals surface area contributed by atoms with E-state index in [-0.39, 0.29) is 11.9 Å². The first-order valence-corrected chi connectivity index (χ1v) is 5.99. The van der Waals surface area contributed by atoms with Crippen molar-refractivity contribution in [2.24, 2.45) is 5.73 Å². The maximum atomic E-state index is 12.0. The van der Waals surface area contributed by atoms with Gasteiger partial charge in [0.05, 0.1) is 6.04 Å². The number of ether oxygens (including phenoxy) is 1. The van der Waals surface area contributed by atoms with Crippen molar-refractivity contribution in [2.45, 2.75) is 25.3 Å². The van der Waals surface area contributed by atoms with Crippen LogP contribution in [0.4, 0.5) is 0 Å². The van der Waals surface area contributed by atoms with Gasteiger partial charge in [0.25, 0.3) is 0 Å². The molecule has 1 aliphatic heterocycles. The first-order chi connectivity index (χ1) is 7.75. The van der Waals surface area contributed by atoms with Gasteiger partial charge in [0.15, 0.2) is 0 Å². The highest BCUT2D eigenvalue weighted by Gasteiger charge is 2.21. The van der Waals surface area contributed by atoms with Gasteiger partial charge in [0.1, 0.15) is 0 Å². The number of rotatable bonds is 5. The number of nitrogens with zero attached hydrogens (tertiary/aromatic N) is 1. The Balaban J connectivity index is 2.30. The highest BCUT2D eigenvalue weighted by atomic mass is 16.5. The van der Waals surface area contributed by atoms with Crippen molar-refractivity contribution in [1.29, 1.82) is 0 Å². The summed E-state index contributed by atoms with van der Waals surface area (Å²) in [7, 11) is 1.66. The van der Waals surface area contributed by atoms with Crippen LogP contribution in [0.2, 0.25) is 0 Å². The zero-order valence-corrected chi connectivity index (χ0v) is 10.1. The minimum absolute atomic E-state index is 0.0832. The number of amides is 1. The molecule has 0 spiro atoms. The minimum Gasteiger partial charge on any atom is -0.385 e. The molecule has 1 aliphatic rings. The molecule has 0 saturated carbocycles. The average Bonchev–Trinajstić information content (AvgIpc) is 2.56. The minimum atomic E-state index is -0.367. The summed E-state index contributed by atoms with van der Waals surface area (Å²) in [5, 5.41) is 3.27. The quantitative estimate of drug-likeness (QED) is 0.627. The van der Waals surface area contributed by atoms with Crippen molar-refractivity contribution in [1.82, 2.24) is 10.2 Å². The van der Waals surface area contributed by atoms with Crippen LogP contribution in [0.15, 0.2) is 0 Å². The van der Waals surface area contributed by atoms with Gasteiger partial charge in [0.2, 0.25) is 5.91 Å². The van der Waals surface area contributed by atoms with Gasteiger partial charge in [-0.15, -0.1) is 0 Å². The van der Waals surface area contributed by atoms with E-state index in [2.05, 4.69) is 5.32 Å². The Morgan fingerprint density at radius 2 is 2.31 bits per heavy atom. The zero-order valence-electron chi connectivity index (χ0n) is 10.1. The predicted molar refractivity (Wildman–Crippen MR) is 63.2 cm³/mol. The third kappa shape index (κ3) is 4.47. The molecule has 1 fully saturated rings. The van der Waals surface area contributed by atoms with Gasteiger partial charge in [-0.05, 0) is 25.8 Å². The smallest absolute Gasteiger partial charge is 0.239 e. The van der Waals surface area contributed by atoms with E-state index >= 15 is 0 Å². The first kappa shape index (κ1) is 13.4. The Morgan fingerprint density at radius 3 is 3.06 bits per heavy atom. The number of nitrogens with two attached hydrogens (primary N) is 1. The highest BCUT2D eigenvalue weighted by Crippen LogP contribution is 2.03. The van der Waals surface area contributed by atoms with Gasteiger partial charge in [-0.3, -0.25) is 4.79 Å². The Kier molecular flexibility index (Phi) is 6.37. The maximum absolute atomic E-state index is 12.0. The molecule has 5 heteroatoms. The number of carbonyl (C=O) groups excluding carboxylic acids is 1. The molecule has 1 heterocycles. The van der Waals surface area contributed by atoms with E-state index in [1.54, 1.807) is 7.11 Å². The van der Waals surface area contributed by atoms with Crippen molar-refractivity contribution in [3.63, 3.8) is 0 Å². The zero-order chi connectivity index (χ0) is 11.8. The summed E-state index contributed by atoms with van der Waals surface area (Å²) in [6.45, 7) is 4.13. The molecule has 16 heavy (non-hydrogen) atoms. The molecule has 0 aromatic carbocycles. The van der Waals surface area contributed by atoms with Crippen LogP contribution in [0.5, 0.6) is 0 Å². The number of carbonyl (C=O) groups is 1. The van der Waals surface area contributed by atoms with Gasteiger partial charge < -0.3 is 20.7 Å². The van der Waals surface area contributed by atoms with E-state index < -0.39 is 0 Å². The fraction of sp³-hybridized carbons (Fsp3) is 0.909. The number of hydrogen-bond acceptors (Lipinski definition) is 4. The Bertz CT molecular complexity index is 203. The van der Waals surface area contributed by atoms with Crippen molar-refractivity contribution in [3.8, 4) is 0 Å². The van der Waals surface area contributed by atoms with Gasteiger partial charge in [-0.25, -0.2) is 0 Å². The monoisotopic (exact) mass is 229 g/mol. The molecule has 0 bridgehead atoms. The van der Waals surface area contributed by atoms with E-state index in [1.807, 2.05) is 4.90 Å². The van der Waals surface area contributed by atoms with Crippen LogP contribution in [0.3, 0.4) is 0 Å². The molecular weight excluding hydrogens is 206 g/mol. The predicted octanol–water partition coefficient (Wildman–Crippen LogP) is -0.438. The molecule has 0 aliphatic carbocycles. The molecule has 1 saturated heterocycles. The number of nitrogens with one attached hydrogen (secondary N) is 1. The molecule has 0 radical (unpaired) electrons. The number of hydrogen-bond donors (Lipinski definition) is 2. The maximum Gasteiger partial charge on any atom is 0.239 e. The fourth-order valence-corrected chi connectivity index (χ4v) is 1.87. The van der Waals surface area contributed by atoms with Crippen LogP contribution >= 0.6 is 0 Å². The Labute approximate surface area is 97.3 Å². The third-order valence-electron chi connectivity index (χ3n) is 2.83. The molecule has 0 aromatic heterocycles. The molecule has 1 amide bonds. The second-order valence-corrected chi connectivity index (χ2v) is 4.17. The lowest BCUT2D eigenvalue weighted by molar-refractivity contribution is -0.132. The van der Waals surface area contributed by atoms with Crippen molar-refractivity contribution in [3.05, 3.63) is 0 Å². The average molecular weight is 229 g/mol. The van der Waals surface area contributed by atoms with Gasteiger partial charge in [-0.1, -0.05) is 0 Å². The summed E-state index contributed by atoms with van der Waals surface area (Å²) in [4.78, 5) is 13.8. The molecule has 1 atom stereocenters. The van der Waals surface area contributed by atoms with E-state index in [1.165, 1.54) is 0 Å². The normalized spacial score (nSPS) is 19.2. The second kappa shape index (κ2) is 7.60. The third-order valence-corrected chi connectivity index (χ3v) is 2.83. The molecule has 3 N–H and O–H groups in total. The van der Waals surface area contributed by atoms with Gasteiger partial charge in [-0.2, -0.15) is 0 Å². The summed E-state index contributed by atoms with van der Waals surface area (Å²) in [6.07, 6.45) is 2.56. The Hall–Kier alpha value is -0.650. The molecule has 1 unspecified atom stereocenters. The van der Waals surface area contributed by atoms with Crippen molar-refractivity contribution >= 4 is 5.91 Å². The van der Waals surface area contributed by atoms with E-state index in [0.29, 0.717) is 13.0 Å². The van der Waals surface area contributed by atoms with Crippen LogP contribution in [-0.4, -0.2) is 56.7 Å². The van der Waals surface area contributed by atoms with Crippen LogP contribution < -0.4 is 11.1 Å². The fourth-order valence-electron chi connectivity index (χ4n) is 1.87. The van der Waals surface area contributed by atoms with Crippen molar-refractivity contribution in [2.75, 3.05) is 39.9 Å². The lowest BCUT2D eigenvalue weighted by Crippen LogP contribution is -2.45. The molecule has 5 nitrogen and oxygen atoms in total. The molecular formula is C11H23N3O2. The van der Waals surface area contributed by atoms with Crippen LogP contribution in [0, 0.1) is 0 Å². The summed E-state index contributed by atoms with van der Waals surface area (Å²) >= 11 is 0. The topological polar surface area (TPSA) is 67.6 Å². The lowest BCUT2D eigenvalue weighted by atomic mass is 10.1. The summed E-state index contributed by atoms with van der Waals surface area (Å²) < 4.78 is 4.95. The summed E-state index contributed by atoms with van der Waals surface area (Å²) in [5.74, 6) is 0.0832. The van der Waals surface area contributed by atoms with Crippen LogP contribution in [-0.2, 0) is 9.53 Å². The lowest BCUT2D eigenvalue weighted by Gasteiger charge is -2.23. The van der Waals surface area contributed by atoms with Crippen LogP contribution in [0.1, 0.15) is 19.3 Å². The Morgan fingerprint density at radius 1 is 1.50 bits per heavy atom. The standard InChI is InChI=1S/C11H23N3O2/c1-16-9-2-4-10(12)11(15)14-7-3-5-13-6-8-14/h10,13H,2-9,12H2,1H3. The van der Waals surface area contributed by atoms with Crippen molar-refractivity contribution < 1.29 is 9.53 Å². The van der Waals surface area contributed by atoms with Crippen LogP contribution in [0.25, 0.3) is 0 Å². The largest absolute Gasteiger partial charge is 0.385 e. The summed E-state index contributed by atoms with van der Waals surface area (Å²) in [6, 6.07) is -0.367. The molecule has 0 aromatic rings. The first-order valence-electron chi connectivity index (χ1n) is 5.99. The molecule has 94 valence electrons. The van der Waals surface area contributed by atoms with Gasteiger partial charge in [0, 0.05) is 33.4 Å². The SMILES string of the molecule is COCCCC(N)C(=O)N1CCCNCC1. The highest BCUT2D eigenvalue weighted by molar-refractivity contribution is 5.81. The summed E-state index contributed by atoms with van der Waals surface area (Å²) in [5.41, 5.74) is 5.87. The van der Waals surface area contributed by atoms with E-state index in [9.17, 15) is 4.79 Å². The van der Waals surface area contributed by atoms with Gasteiger partial charge >= 0.3 is 0 Å². The number of methoxy groups -OCH3 is 1.